The number of amides is 1. The zero-order valence-corrected chi connectivity index (χ0v) is 12.2. The van der Waals surface area contributed by atoms with Crippen LogP contribution in [0.25, 0.3) is 0 Å². The van der Waals surface area contributed by atoms with E-state index < -0.39 is 5.60 Å². The third kappa shape index (κ3) is 2.26. The first kappa shape index (κ1) is 13.7. The lowest BCUT2D eigenvalue weighted by Crippen LogP contribution is -2.54. The number of carbonyl (C=O) groups is 1. The molecule has 1 amide bonds. The van der Waals surface area contributed by atoms with Gasteiger partial charge in [-0.3, -0.25) is 4.79 Å². The van der Waals surface area contributed by atoms with Crippen LogP contribution in [0, 0.1) is 5.92 Å². The van der Waals surface area contributed by atoms with Crippen LogP contribution in [0.3, 0.4) is 0 Å². The number of aliphatic hydroxyl groups is 1. The van der Waals surface area contributed by atoms with Gasteiger partial charge in [-0.05, 0) is 38.3 Å². The van der Waals surface area contributed by atoms with Gasteiger partial charge in [0.15, 0.2) is 0 Å². The van der Waals surface area contributed by atoms with E-state index in [1.54, 1.807) is 0 Å². The van der Waals surface area contributed by atoms with Gasteiger partial charge < -0.3 is 14.6 Å². The maximum atomic E-state index is 12.6. The Morgan fingerprint density at radius 2 is 2.30 bits per heavy atom. The van der Waals surface area contributed by atoms with Crippen molar-refractivity contribution in [3.63, 3.8) is 0 Å². The Morgan fingerprint density at radius 1 is 1.45 bits per heavy atom. The van der Waals surface area contributed by atoms with Crippen molar-refractivity contribution in [3.8, 4) is 0 Å². The Hall–Kier alpha value is -1.29. The number of nitrogens with zero attached hydrogens (tertiary/aromatic N) is 2. The Bertz CT molecular complexity index is 496. The van der Waals surface area contributed by atoms with Gasteiger partial charge >= 0.3 is 0 Å². The van der Waals surface area contributed by atoms with Gasteiger partial charge in [0.2, 0.25) is 0 Å². The average Bonchev–Trinajstić information content (AvgIpc) is 2.94. The molecule has 4 nitrogen and oxygen atoms in total. The summed E-state index contributed by atoms with van der Waals surface area (Å²) in [5.41, 5.74) is 0.260. The molecule has 0 radical (unpaired) electrons. The third-order valence-corrected chi connectivity index (χ3v) is 5.10. The Balaban J connectivity index is 1.74. The highest BCUT2D eigenvalue weighted by Crippen LogP contribution is 2.40. The van der Waals surface area contributed by atoms with Crippen LogP contribution in [0.5, 0.6) is 0 Å². The number of carbonyl (C=O) groups excluding carboxylic acids is 1. The van der Waals surface area contributed by atoms with Crippen molar-refractivity contribution < 1.29 is 9.90 Å². The number of hydrogen-bond donors (Lipinski definition) is 1. The molecule has 1 saturated carbocycles. The molecule has 110 valence electrons. The molecule has 3 rings (SSSR count). The Labute approximate surface area is 120 Å². The summed E-state index contributed by atoms with van der Waals surface area (Å²) in [6.07, 6.45) is 6.95. The standard InChI is InChI=1S/C16H24N2O2/c1-2-17-10-5-7-14(17)15(19)18-11-9-16(20)8-4-3-6-13(16)12-18/h5,7,10,13,20H,2-4,6,8-9,11-12H2,1H3. The number of aryl methyl sites for hydroxylation is 1. The molecular weight excluding hydrogens is 252 g/mol. The summed E-state index contributed by atoms with van der Waals surface area (Å²) in [4.78, 5) is 14.6. The minimum atomic E-state index is -0.512. The minimum absolute atomic E-state index is 0.115. The lowest BCUT2D eigenvalue weighted by Gasteiger charge is -2.47. The van der Waals surface area contributed by atoms with Gasteiger partial charge in [-0.15, -0.1) is 0 Å². The summed E-state index contributed by atoms with van der Waals surface area (Å²) >= 11 is 0. The van der Waals surface area contributed by atoms with Crippen LogP contribution in [0.15, 0.2) is 18.3 Å². The van der Waals surface area contributed by atoms with E-state index in [-0.39, 0.29) is 11.8 Å². The number of rotatable bonds is 2. The summed E-state index contributed by atoms with van der Waals surface area (Å²) in [6.45, 7) is 4.26. The summed E-state index contributed by atoms with van der Waals surface area (Å²) in [6, 6.07) is 3.82. The van der Waals surface area contributed by atoms with Gasteiger partial charge in [0, 0.05) is 31.7 Å². The number of fused-ring (bicyclic) bond motifs is 1. The largest absolute Gasteiger partial charge is 0.389 e. The summed E-state index contributed by atoms with van der Waals surface area (Å²) in [7, 11) is 0. The molecule has 1 N–H and O–H groups in total. The van der Waals surface area contributed by atoms with E-state index in [1.807, 2.05) is 34.7 Å². The molecule has 4 heteroatoms. The van der Waals surface area contributed by atoms with Crippen molar-refractivity contribution in [2.45, 2.75) is 51.2 Å². The van der Waals surface area contributed by atoms with Crippen LogP contribution >= 0.6 is 0 Å². The quantitative estimate of drug-likeness (QED) is 0.900. The Kier molecular flexibility index (Phi) is 3.59. The van der Waals surface area contributed by atoms with E-state index in [9.17, 15) is 9.90 Å². The molecule has 2 heterocycles. The van der Waals surface area contributed by atoms with Gasteiger partial charge in [0.25, 0.3) is 5.91 Å². The monoisotopic (exact) mass is 276 g/mol. The van der Waals surface area contributed by atoms with Gasteiger partial charge in [-0.1, -0.05) is 12.8 Å². The van der Waals surface area contributed by atoms with Crippen LogP contribution in [0.1, 0.15) is 49.5 Å². The predicted molar refractivity (Wildman–Crippen MR) is 77.5 cm³/mol. The van der Waals surface area contributed by atoms with Gasteiger partial charge in [-0.25, -0.2) is 0 Å². The summed E-state index contributed by atoms with van der Waals surface area (Å²) < 4.78 is 1.99. The molecule has 1 aliphatic heterocycles. The van der Waals surface area contributed by atoms with Crippen LogP contribution in [0.4, 0.5) is 0 Å². The Morgan fingerprint density at radius 3 is 3.10 bits per heavy atom. The van der Waals surface area contributed by atoms with Crippen molar-refractivity contribution in [3.05, 3.63) is 24.0 Å². The summed E-state index contributed by atoms with van der Waals surface area (Å²) in [5, 5.41) is 10.7. The van der Waals surface area contributed by atoms with E-state index in [0.29, 0.717) is 13.1 Å². The molecule has 2 atom stereocenters. The van der Waals surface area contributed by atoms with Gasteiger partial charge in [0.1, 0.15) is 5.69 Å². The van der Waals surface area contributed by atoms with Crippen molar-refractivity contribution in [2.24, 2.45) is 5.92 Å². The maximum Gasteiger partial charge on any atom is 0.270 e. The second-order valence-electron chi connectivity index (χ2n) is 6.23. The van der Waals surface area contributed by atoms with Crippen LogP contribution < -0.4 is 0 Å². The third-order valence-electron chi connectivity index (χ3n) is 5.10. The lowest BCUT2D eigenvalue weighted by molar-refractivity contribution is -0.0887. The van der Waals surface area contributed by atoms with Crippen LogP contribution in [-0.4, -0.2) is 39.2 Å². The fourth-order valence-electron chi connectivity index (χ4n) is 3.80. The van der Waals surface area contributed by atoms with Crippen molar-refractivity contribution in [1.29, 1.82) is 0 Å². The van der Waals surface area contributed by atoms with E-state index in [4.69, 9.17) is 0 Å². The molecular formula is C16H24N2O2. The molecule has 20 heavy (non-hydrogen) atoms. The number of piperidine rings is 1. The molecule has 1 saturated heterocycles. The molecule has 0 bridgehead atoms. The normalized spacial score (nSPS) is 30.1. The molecule has 0 aromatic carbocycles. The molecule has 0 spiro atoms. The minimum Gasteiger partial charge on any atom is -0.389 e. The fraction of sp³-hybridized carbons (Fsp3) is 0.688. The molecule has 1 aliphatic carbocycles. The first-order valence-corrected chi connectivity index (χ1v) is 7.81. The van der Waals surface area contributed by atoms with Gasteiger partial charge in [-0.2, -0.15) is 0 Å². The fourth-order valence-corrected chi connectivity index (χ4v) is 3.80. The molecule has 2 aliphatic rings. The second kappa shape index (κ2) is 5.24. The summed E-state index contributed by atoms with van der Waals surface area (Å²) in [5.74, 6) is 0.378. The molecule has 1 aromatic rings. The second-order valence-corrected chi connectivity index (χ2v) is 6.23. The lowest BCUT2D eigenvalue weighted by atomic mass is 9.71. The van der Waals surface area contributed by atoms with E-state index in [0.717, 1.165) is 37.9 Å². The van der Waals surface area contributed by atoms with E-state index in [2.05, 4.69) is 0 Å². The highest BCUT2D eigenvalue weighted by molar-refractivity contribution is 5.92. The smallest absolute Gasteiger partial charge is 0.270 e. The first-order valence-electron chi connectivity index (χ1n) is 7.81. The van der Waals surface area contributed by atoms with E-state index >= 15 is 0 Å². The van der Waals surface area contributed by atoms with E-state index in [1.165, 1.54) is 6.42 Å². The topological polar surface area (TPSA) is 45.5 Å². The van der Waals surface area contributed by atoms with Crippen molar-refractivity contribution in [1.82, 2.24) is 9.47 Å². The van der Waals surface area contributed by atoms with Crippen molar-refractivity contribution >= 4 is 5.91 Å². The highest BCUT2D eigenvalue weighted by Gasteiger charge is 2.43. The number of likely N-dealkylation sites (tertiary alicyclic amines) is 1. The predicted octanol–water partition coefficient (Wildman–Crippen LogP) is 2.28. The van der Waals surface area contributed by atoms with Gasteiger partial charge in [0.05, 0.1) is 5.60 Å². The maximum absolute atomic E-state index is 12.6. The zero-order chi connectivity index (χ0) is 14.2. The SMILES string of the molecule is CCn1cccc1C(=O)N1CCC2(O)CCCCC2C1. The molecule has 1 aromatic heterocycles. The molecule has 2 unspecified atom stereocenters. The molecule has 2 fully saturated rings. The van der Waals surface area contributed by atoms with Crippen LogP contribution in [-0.2, 0) is 6.54 Å². The van der Waals surface area contributed by atoms with Crippen LogP contribution in [0.2, 0.25) is 0 Å². The zero-order valence-electron chi connectivity index (χ0n) is 12.2. The highest BCUT2D eigenvalue weighted by atomic mass is 16.3. The first-order chi connectivity index (χ1) is 9.64. The number of hydrogen-bond acceptors (Lipinski definition) is 2. The number of aromatic nitrogens is 1. The average molecular weight is 276 g/mol. The van der Waals surface area contributed by atoms with Crippen molar-refractivity contribution in [2.75, 3.05) is 13.1 Å².